The van der Waals surface area contributed by atoms with E-state index in [4.69, 9.17) is 15.3 Å². The summed E-state index contributed by atoms with van der Waals surface area (Å²) in [7, 11) is -1.27. The fourth-order valence-electron chi connectivity index (χ4n) is 3.77. The molecule has 0 radical (unpaired) electrons. The molecule has 1 aromatic carbocycles. The maximum absolute atomic E-state index is 11.0. The van der Waals surface area contributed by atoms with E-state index < -0.39 is 7.12 Å². The van der Waals surface area contributed by atoms with Crippen molar-refractivity contribution in [2.75, 3.05) is 0 Å². The van der Waals surface area contributed by atoms with Crippen LogP contribution in [0.1, 0.15) is 87.5 Å². The molecule has 204 valence electrons. The summed E-state index contributed by atoms with van der Waals surface area (Å²) in [5, 5.41) is 25.4. The van der Waals surface area contributed by atoms with E-state index in [9.17, 15) is 5.11 Å². The van der Waals surface area contributed by atoms with E-state index in [2.05, 4.69) is 59.7 Å². The van der Waals surface area contributed by atoms with Crippen molar-refractivity contribution in [1.29, 1.82) is 0 Å². The van der Waals surface area contributed by atoms with E-state index in [0.29, 0.717) is 17.8 Å². The van der Waals surface area contributed by atoms with Gasteiger partial charge < -0.3 is 29.8 Å². The Balaban J connectivity index is 0.000000926. The Kier molecular flexibility index (Phi) is 13.8. The van der Waals surface area contributed by atoms with Gasteiger partial charge in [-0.05, 0) is 68.4 Å². The Bertz CT molecular complexity index is 1090. The molecule has 3 heterocycles. The van der Waals surface area contributed by atoms with Crippen LogP contribution >= 0.6 is 0 Å². The normalized spacial score (nSPS) is 10.6. The molecule has 3 aromatic heterocycles. The van der Waals surface area contributed by atoms with Crippen LogP contribution in [0.15, 0.2) is 55.0 Å². The number of nitrogens with zero attached hydrogens (tertiary/aromatic N) is 6. The molecule has 0 aliphatic heterocycles. The van der Waals surface area contributed by atoms with Gasteiger partial charge in [-0.1, -0.05) is 70.9 Å². The molecule has 0 amide bonds. The summed E-state index contributed by atoms with van der Waals surface area (Å²) in [4.78, 5) is 0. The molecule has 0 unspecified atom stereocenters. The Labute approximate surface area is 234 Å². The van der Waals surface area contributed by atoms with E-state index in [1.807, 2.05) is 64.4 Å². The number of hydrogen-bond donors (Lipinski definition) is 0. The minimum absolute atomic E-state index is 0. The van der Waals surface area contributed by atoms with Crippen LogP contribution in [0.25, 0.3) is 0 Å². The number of aromatic nitrogens is 6. The van der Waals surface area contributed by atoms with Crippen LogP contribution in [0.2, 0.25) is 0 Å². The molecule has 0 aliphatic rings. The van der Waals surface area contributed by atoms with Gasteiger partial charge in [0.05, 0.1) is 17.1 Å². The molecular weight excluding hydrogens is 551 g/mol. The maximum atomic E-state index is 11.0. The largest absolute Gasteiger partial charge is 2.00 e. The van der Waals surface area contributed by atoms with Crippen LogP contribution in [0.3, 0.4) is 0 Å². The Hall–Kier alpha value is -2.68. The molecule has 0 fully saturated rings. The van der Waals surface area contributed by atoms with Gasteiger partial charge in [0.15, 0.2) is 0 Å². The Morgan fingerprint density at radius 2 is 0.919 bits per heavy atom. The zero-order valence-corrected chi connectivity index (χ0v) is 25.0. The topological polar surface area (TPSA) is 134 Å². The fourth-order valence-corrected chi connectivity index (χ4v) is 3.77. The van der Waals surface area contributed by atoms with Crippen LogP contribution in [0, 0.1) is 13.8 Å². The van der Waals surface area contributed by atoms with Crippen molar-refractivity contribution in [2.24, 2.45) is 0 Å². The molecule has 4 aromatic rings. The van der Waals surface area contributed by atoms with E-state index in [-0.39, 0.29) is 37.8 Å². The fraction of sp³-hybridized carbons (Fsp3) is 0.423. The van der Waals surface area contributed by atoms with E-state index in [1.165, 1.54) is 0 Å². The third kappa shape index (κ3) is 8.42. The summed E-state index contributed by atoms with van der Waals surface area (Å²) in [5.41, 5.74) is 4.92. The first-order chi connectivity index (χ1) is 16.1. The summed E-state index contributed by atoms with van der Waals surface area (Å²) in [6.45, 7) is 16.6. The second-order valence-electron chi connectivity index (χ2n) is 9.95. The van der Waals surface area contributed by atoms with Gasteiger partial charge >= 0.3 is 7.12 Å². The monoisotopic (exact) mass is 590 g/mol. The molecule has 0 saturated heterocycles. The van der Waals surface area contributed by atoms with Crippen LogP contribution in [-0.4, -0.2) is 36.2 Å². The first-order valence-electron chi connectivity index (χ1n) is 12.1. The summed E-state index contributed by atoms with van der Waals surface area (Å²) in [6.07, 6.45) is 6.13. The molecule has 4 rings (SSSR count). The van der Waals surface area contributed by atoms with Crippen LogP contribution < -0.4 is 5.11 Å². The standard InChI is InChI=1S/C18H28BN6.C8H10O.Mo.2O/c1-13(2)16-7-10-23(20-16)19(24-11-8-17(21-24)14(3)4)25-12-9-18(22-25)15(5)6;1-6-4-3-5-7(2)8(6)9;;;/h7-15,19H,1-6H3;3-5,9H,1-2H3;;;/q-1;;;2*-2/p-1. The molecule has 11 heteroatoms. The van der Waals surface area contributed by atoms with Crippen molar-refractivity contribution in [3.8, 4) is 5.75 Å². The number of para-hydroxylation sites is 1. The number of rotatable bonds is 6. The van der Waals surface area contributed by atoms with Crippen molar-refractivity contribution < 1.29 is 37.1 Å². The minimum atomic E-state index is -1.27. The van der Waals surface area contributed by atoms with Gasteiger partial charge in [0, 0.05) is 21.1 Å². The zero-order chi connectivity index (χ0) is 25.0. The van der Waals surface area contributed by atoms with Crippen molar-refractivity contribution in [1.82, 2.24) is 29.1 Å². The third-order valence-electron chi connectivity index (χ3n) is 6.04. The summed E-state index contributed by atoms with van der Waals surface area (Å²) in [6, 6.07) is 11.8. The molecule has 0 aliphatic carbocycles. The van der Waals surface area contributed by atoms with Gasteiger partial charge in [0.1, 0.15) is 0 Å². The molecule has 37 heavy (non-hydrogen) atoms. The predicted molar refractivity (Wildman–Crippen MR) is 139 cm³/mol. The van der Waals surface area contributed by atoms with E-state index in [0.717, 1.165) is 28.2 Å². The van der Waals surface area contributed by atoms with Crippen LogP contribution in [0.4, 0.5) is 0 Å². The number of benzene rings is 1. The molecule has 0 N–H and O–H groups in total. The molecule has 0 atom stereocenters. The SMILES string of the molecule is CC(C)c1ccn([BH-](n2ccc(C(C)C)n2)n2ccc(C(C)C)n2)n1.Cc1cccc(C)c1[O-].[Mo].[O-2].[O-2]. The van der Waals surface area contributed by atoms with Gasteiger partial charge in [-0.2, -0.15) is 0 Å². The van der Waals surface area contributed by atoms with Gasteiger partial charge in [0.25, 0.3) is 0 Å². The van der Waals surface area contributed by atoms with Gasteiger partial charge in [-0.3, -0.25) is 0 Å². The maximum Gasteiger partial charge on any atom is 0.326 e. The molecule has 0 spiro atoms. The number of hydrogen-bond acceptors (Lipinski definition) is 4. The summed E-state index contributed by atoms with van der Waals surface area (Å²) < 4.78 is 6.05. The van der Waals surface area contributed by atoms with Crippen LogP contribution in [0.5, 0.6) is 5.75 Å². The van der Waals surface area contributed by atoms with Crippen LogP contribution in [-0.2, 0) is 32.0 Å². The summed E-state index contributed by atoms with van der Waals surface area (Å²) >= 11 is 0. The first-order valence-corrected chi connectivity index (χ1v) is 12.1. The van der Waals surface area contributed by atoms with Crippen molar-refractivity contribution in [3.05, 3.63) is 83.2 Å². The molecule has 0 bridgehead atoms. The van der Waals surface area contributed by atoms with Gasteiger partial charge in [-0.15, -0.1) is 5.75 Å². The molecular formula is C26H37BMoN6O3-6. The van der Waals surface area contributed by atoms with Crippen molar-refractivity contribution >= 4 is 7.12 Å². The average Bonchev–Trinajstić information content (AvgIpc) is 3.54. The molecule has 9 nitrogen and oxygen atoms in total. The smallest absolute Gasteiger partial charge is 0.326 e. The minimum Gasteiger partial charge on any atom is -2.00 e. The van der Waals surface area contributed by atoms with E-state index >= 15 is 0 Å². The Morgan fingerprint density at radius 1 is 0.622 bits per heavy atom. The summed E-state index contributed by atoms with van der Waals surface area (Å²) in [5.74, 6) is 1.36. The van der Waals surface area contributed by atoms with Crippen molar-refractivity contribution in [2.45, 2.75) is 73.1 Å². The first kappa shape index (κ1) is 34.3. The predicted octanol–water partition coefficient (Wildman–Crippen LogP) is 4.45. The van der Waals surface area contributed by atoms with E-state index in [1.54, 1.807) is 0 Å². The quantitative estimate of drug-likeness (QED) is 0.308. The second-order valence-corrected chi connectivity index (χ2v) is 9.95. The Morgan fingerprint density at radius 3 is 1.14 bits per heavy atom. The van der Waals surface area contributed by atoms with Gasteiger partial charge in [0.2, 0.25) is 0 Å². The molecule has 0 saturated carbocycles. The average molecular weight is 588 g/mol. The second kappa shape index (κ2) is 14.9. The third-order valence-corrected chi connectivity index (χ3v) is 6.04. The van der Waals surface area contributed by atoms with Gasteiger partial charge in [-0.25, -0.2) is 15.3 Å². The number of aryl methyl sites for hydroxylation is 2. The zero-order valence-electron chi connectivity index (χ0n) is 23.0. The van der Waals surface area contributed by atoms with Crippen molar-refractivity contribution in [3.63, 3.8) is 0 Å².